The van der Waals surface area contributed by atoms with Gasteiger partial charge in [-0.05, 0) is 115 Å². The molecule has 39 heavy (non-hydrogen) atoms. The molecule has 2 aromatic heterocycles. The monoisotopic (exact) mass is 649 g/mol. The fraction of sp³-hybridized carbons (Fsp3) is 0.333. The first-order valence-corrected chi connectivity index (χ1v) is 15.4. The van der Waals surface area contributed by atoms with Gasteiger partial charge < -0.3 is 9.88 Å². The maximum atomic E-state index is 13.6. The Kier molecular flexibility index (Phi) is 7.89. The molecular weight excluding hydrogens is 613 g/mol. The second-order valence-corrected chi connectivity index (χ2v) is 13.9. The maximum Gasteiger partial charge on any atom is 0.259 e. The number of amides is 1. The fourth-order valence-electron chi connectivity index (χ4n) is 5.52. The number of aliphatic imine (C=N–C) groups is 1. The van der Waals surface area contributed by atoms with Crippen LogP contribution < -0.4 is 5.32 Å². The summed E-state index contributed by atoms with van der Waals surface area (Å²) in [5, 5.41) is 3.92. The predicted octanol–water partition coefficient (Wildman–Crippen LogP) is 9.22. The topological polar surface area (TPSA) is 46.4 Å². The van der Waals surface area contributed by atoms with E-state index in [-0.39, 0.29) is 11.3 Å². The van der Waals surface area contributed by atoms with Crippen LogP contribution in [0.3, 0.4) is 0 Å². The van der Waals surface area contributed by atoms with Crippen LogP contribution in [0.25, 0.3) is 5.69 Å². The number of aryl methyl sites for hydroxylation is 2. The van der Waals surface area contributed by atoms with Crippen LogP contribution in [0.5, 0.6) is 0 Å². The highest BCUT2D eigenvalue weighted by atomic mass is 127. The average molecular weight is 650 g/mol. The summed E-state index contributed by atoms with van der Waals surface area (Å²) in [4.78, 5) is 19.9. The molecule has 0 saturated carbocycles. The number of benzene rings is 2. The minimum Gasteiger partial charge on any atom is -0.322 e. The first-order valence-electron chi connectivity index (χ1n) is 13.5. The molecule has 0 radical (unpaired) electrons. The third-order valence-electron chi connectivity index (χ3n) is 7.93. The van der Waals surface area contributed by atoms with Crippen molar-refractivity contribution in [3.63, 3.8) is 0 Å². The van der Waals surface area contributed by atoms with Gasteiger partial charge >= 0.3 is 0 Å². The molecule has 0 unspecified atom stereocenters. The number of hydrogen-bond acceptors (Lipinski definition) is 3. The molecule has 2 heterocycles. The lowest BCUT2D eigenvalue weighted by atomic mass is 9.72. The van der Waals surface area contributed by atoms with Gasteiger partial charge in [0.25, 0.3) is 5.91 Å². The lowest BCUT2D eigenvalue weighted by Gasteiger charge is -2.33. The van der Waals surface area contributed by atoms with Crippen molar-refractivity contribution in [3.05, 3.63) is 96.7 Å². The van der Waals surface area contributed by atoms with Gasteiger partial charge in [-0.3, -0.25) is 4.79 Å². The molecule has 1 aliphatic rings. The summed E-state index contributed by atoms with van der Waals surface area (Å²) in [6, 6.07) is 18.4. The molecule has 1 atom stereocenters. The fourth-order valence-corrected chi connectivity index (χ4v) is 7.28. The molecule has 4 aromatic rings. The van der Waals surface area contributed by atoms with Crippen LogP contribution in [0.1, 0.15) is 70.5 Å². The Labute approximate surface area is 249 Å². The highest BCUT2D eigenvalue weighted by molar-refractivity contribution is 14.1. The van der Waals surface area contributed by atoms with Crippen molar-refractivity contribution in [2.24, 2.45) is 16.3 Å². The number of rotatable bonds is 5. The molecule has 0 fully saturated rings. The van der Waals surface area contributed by atoms with Crippen molar-refractivity contribution >= 4 is 56.7 Å². The molecule has 0 spiro atoms. The predicted molar refractivity (Wildman–Crippen MR) is 174 cm³/mol. The summed E-state index contributed by atoms with van der Waals surface area (Å²) < 4.78 is 3.53. The number of aromatic nitrogens is 1. The van der Waals surface area contributed by atoms with Crippen LogP contribution in [0, 0.1) is 35.7 Å². The average Bonchev–Trinajstić information content (AvgIpc) is 3.40. The van der Waals surface area contributed by atoms with E-state index in [1.807, 2.05) is 36.5 Å². The van der Waals surface area contributed by atoms with E-state index >= 15 is 0 Å². The number of carbonyl (C=O) groups is 1. The SMILES string of the molecule is Cc1ccc(-n2c(C)cc(C=Nc3sc4c(c3C(=O)Nc3ccccc3)CC[C@H](C(C)(C)C)C4)c2C)cc1I. The van der Waals surface area contributed by atoms with Crippen LogP contribution in [-0.2, 0) is 12.8 Å². The zero-order valence-corrected chi connectivity index (χ0v) is 26.5. The molecule has 0 aliphatic heterocycles. The van der Waals surface area contributed by atoms with Crippen molar-refractivity contribution in [1.82, 2.24) is 4.57 Å². The molecule has 4 nitrogen and oxygen atoms in total. The Morgan fingerprint density at radius 2 is 1.85 bits per heavy atom. The zero-order chi connectivity index (χ0) is 27.9. The van der Waals surface area contributed by atoms with Crippen LogP contribution in [-0.4, -0.2) is 16.7 Å². The van der Waals surface area contributed by atoms with Crippen molar-refractivity contribution in [3.8, 4) is 5.69 Å². The van der Waals surface area contributed by atoms with Gasteiger partial charge in [0.15, 0.2) is 0 Å². The minimum atomic E-state index is -0.0697. The minimum absolute atomic E-state index is 0.0697. The molecule has 0 bridgehead atoms. The number of anilines is 1. The lowest BCUT2D eigenvalue weighted by molar-refractivity contribution is 0.102. The number of halogens is 1. The number of hydrogen-bond donors (Lipinski definition) is 1. The zero-order valence-electron chi connectivity index (χ0n) is 23.6. The number of fused-ring (bicyclic) bond motifs is 1. The highest BCUT2D eigenvalue weighted by Crippen LogP contribution is 2.45. The second kappa shape index (κ2) is 11.0. The number of para-hydroxylation sites is 1. The van der Waals surface area contributed by atoms with Crippen LogP contribution in [0.15, 0.2) is 59.6 Å². The van der Waals surface area contributed by atoms with Crippen LogP contribution in [0.4, 0.5) is 10.7 Å². The summed E-state index contributed by atoms with van der Waals surface area (Å²) in [5.74, 6) is 0.529. The molecule has 202 valence electrons. The van der Waals surface area contributed by atoms with Gasteiger partial charge in [0.2, 0.25) is 0 Å². The van der Waals surface area contributed by atoms with E-state index in [1.165, 1.54) is 19.6 Å². The van der Waals surface area contributed by atoms with Crippen LogP contribution >= 0.6 is 33.9 Å². The molecule has 1 amide bonds. The van der Waals surface area contributed by atoms with E-state index < -0.39 is 0 Å². The first-order chi connectivity index (χ1) is 18.5. The van der Waals surface area contributed by atoms with Gasteiger partial charge in [0, 0.05) is 43.0 Å². The van der Waals surface area contributed by atoms with Gasteiger partial charge in [0.1, 0.15) is 5.00 Å². The quantitative estimate of drug-likeness (QED) is 0.170. The number of thiophene rings is 1. The Bertz CT molecular complexity index is 1560. The summed E-state index contributed by atoms with van der Waals surface area (Å²) in [5.41, 5.74) is 8.76. The number of nitrogens with zero attached hydrogens (tertiary/aromatic N) is 2. The normalized spacial score (nSPS) is 15.5. The standard InChI is InChI=1S/C33H36IN3OS/c1-20-12-14-26(18-28(20)34)37-21(2)16-23(22(37)3)19-35-32-30(31(38)36-25-10-8-7-9-11-25)27-15-13-24(33(4,5)6)17-29(27)39-32/h7-12,14,16,18-19,24H,13,15,17H2,1-6H3,(H,36,38)/t24-/m0/s1. The van der Waals surface area contributed by atoms with E-state index in [2.05, 4.69) is 98.3 Å². The number of carbonyl (C=O) groups excluding carboxylic acids is 1. The van der Waals surface area contributed by atoms with E-state index in [4.69, 9.17) is 4.99 Å². The third kappa shape index (κ3) is 5.78. The van der Waals surface area contributed by atoms with E-state index in [1.54, 1.807) is 11.3 Å². The van der Waals surface area contributed by atoms with Crippen molar-refractivity contribution in [1.29, 1.82) is 0 Å². The first kappa shape index (κ1) is 27.8. The lowest BCUT2D eigenvalue weighted by Crippen LogP contribution is -2.27. The van der Waals surface area contributed by atoms with E-state index in [0.29, 0.717) is 5.92 Å². The van der Waals surface area contributed by atoms with Crippen molar-refractivity contribution in [2.75, 3.05) is 5.32 Å². The molecule has 6 heteroatoms. The molecule has 1 aliphatic carbocycles. The van der Waals surface area contributed by atoms with Crippen molar-refractivity contribution < 1.29 is 4.79 Å². The maximum absolute atomic E-state index is 13.6. The molecular formula is C33H36IN3OS. The third-order valence-corrected chi connectivity index (χ3v) is 10.3. The summed E-state index contributed by atoms with van der Waals surface area (Å²) in [6.45, 7) is 13.4. The Morgan fingerprint density at radius 3 is 2.54 bits per heavy atom. The molecule has 2 aromatic carbocycles. The number of nitrogens with one attached hydrogen (secondary N) is 1. The highest BCUT2D eigenvalue weighted by Gasteiger charge is 2.33. The van der Waals surface area contributed by atoms with Gasteiger partial charge in [-0.15, -0.1) is 11.3 Å². The molecule has 0 saturated heterocycles. The molecule has 5 rings (SSSR count). The summed E-state index contributed by atoms with van der Waals surface area (Å²) in [7, 11) is 0. The van der Waals surface area contributed by atoms with Gasteiger partial charge in [0.05, 0.1) is 5.56 Å². The molecule has 1 N–H and O–H groups in total. The van der Waals surface area contributed by atoms with E-state index in [0.717, 1.165) is 58.2 Å². The van der Waals surface area contributed by atoms with E-state index in [9.17, 15) is 4.79 Å². The smallest absolute Gasteiger partial charge is 0.259 e. The van der Waals surface area contributed by atoms with Gasteiger partial charge in [-0.25, -0.2) is 4.99 Å². The van der Waals surface area contributed by atoms with Gasteiger partial charge in [-0.1, -0.05) is 45.0 Å². The largest absolute Gasteiger partial charge is 0.322 e. The van der Waals surface area contributed by atoms with Crippen molar-refractivity contribution in [2.45, 2.75) is 60.8 Å². The van der Waals surface area contributed by atoms with Gasteiger partial charge in [-0.2, -0.15) is 0 Å². The second-order valence-electron chi connectivity index (χ2n) is 11.7. The summed E-state index contributed by atoms with van der Waals surface area (Å²) >= 11 is 4.09. The Balaban J connectivity index is 1.52. The Hall–Kier alpha value is -2.71. The van der Waals surface area contributed by atoms with Crippen LogP contribution in [0.2, 0.25) is 0 Å². The Morgan fingerprint density at radius 1 is 1.10 bits per heavy atom. The summed E-state index contributed by atoms with van der Waals surface area (Å²) in [6.07, 6.45) is 4.96.